The van der Waals surface area contributed by atoms with Gasteiger partial charge in [0.2, 0.25) is 0 Å². The Kier molecular flexibility index (Phi) is 5.38. The number of rotatable bonds is 5. The average molecular weight is 382 g/mol. The lowest BCUT2D eigenvalue weighted by Crippen LogP contribution is -2.27. The molecule has 0 aromatic heterocycles. The number of unbranched alkanes of at least 4 members (excludes halogenated alkanes) is 1. The van der Waals surface area contributed by atoms with E-state index in [9.17, 15) is 13.2 Å². The van der Waals surface area contributed by atoms with Crippen LogP contribution in [0.1, 0.15) is 30.1 Å². The zero-order valence-corrected chi connectivity index (χ0v) is 16.1. The lowest BCUT2D eigenvalue weighted by Gasteiger charge is -2.17. The van der Waals surface area contributed by atoms with Crippen LogP contribution in [0.2, 0.25) is 0 Å². The second-order valence-corrected chi connectivity index (χ2v) is 9.90. The van der Waals surface area contributed by atoms with Crippen molar-refractivity contribution >= 4 is 38.4 Å². The van der Waals surface area contributed by atoms with Gasteiger partial charge in [-0.2, -0.15) is 0 Å². The van der Waals surface area contributed by atoms with Gasteiger partial charge in [0.1, 0.15) is 0 Å². The number of carbonyl (C=O) groups is 1. The minimum atomic E-state index is -2.94. The van der Waals surface area contributed by atoms with Crippen LogP contribution in [0.3, 0.4) is 0 Å². The summed E-state index contributed by atoms with van der Waals surface area (Å²) in [5, 5.41) is 3.96. The van der Waals surface area contributed by atoms with Gasteiger partial charge >= 0.3 is 0 Å². The molecule has 1 N–H and O–H groups in total. The highest BCUT2D eigenvalue weighted by Gasteiger charge is 2.42. The van der Waals surface area contributed by atoms with Crippen LogP contribution in [-0.2, 0) is 9.84 Å². The van der Waals surface area contributed by atoms with E-state index in [1.807, 2.05) is 25.2 Å². The number of nitrogens with one attached hydrogen (secondary N) is 1. The lowest BCUT2D eigenvalue weighted by atomic mass is 10.1. The van der Waals surface area contributed by atoms with Crippen LogP contribution in [0.25, 0.3) is 0 Å². The summed E-state index contributed by atoms with van der Waals surface area (Å²) in [5.74, 6) is 0.329. The van der Waals surface area contributed by atoms with Crippen LogP contribution < -0.4 is 5.32 Å². The van der Waals surface area contributed by atoms with Crippen molar-refractivity contribution in [2.24, 2.45) is 4.99 Å². The fourth-order valence-corrected chi connectivity index (χ4v) is 6.66. The van der Waals surface area contributed by atoms with E-state index in [2.05, 4.69) is 17.2 Å². The molecule has 2 unspecified atom stereocenters. The lowest BCUT2D eigenvalue weighted by molar-refractivity contribution is 0.0793. The van der Waals surface area contributed by atoms with Gasteiger partial charge in [-0.15, -0.1) is 0 Å². The molecule has 136 valence electrons. The molecular weight excluding hydrogens is 358 g/mol. The van der Waals surface area contributed by atoms with Crippen molar-refractivity contribution in [1.29, 1.82) is 0 Å². The molecule has 0 saturated carbocycles. The van der Waals surface area contributed by atoms with Crippen molar-refractivity contribution in [1.82, 2.24) is 4.90 Å². The van der Waals surface area contributed by atoms with Crippen molar-refractivity contribution in [2.75, 3.05) is 30.4 Å². The molecule has 1 aromatic rings. The van der Waals surface area contributed by atoms with Crippen molar-refractivity contribution < 1.29 is 13.2 Å². The molecule has 1 fully saturated rings. The van der Waals surface area contributed by atoms with Crippen molar-refractivity contribution in [2.45, 2.75) is 31.1 Å². The summed E-state index contributed by atoms with van der Waals surface area (Å²) >= 11 is 1.47. The van der Waals surface area contributed by atoms with E-state index >= 15 is 0 Å². The Morgan fingerprint density at radius 2 is 2.20 bits per heavy atom. The topological polar surface area (TPSA) is 78.8 Å². The summed E-state index contributed by atoms with van der Waals surface area (Å²) < 4.78 is 23.2. The van der Waals surface area contributed by atoms with Crippen molar-refractivity contribution in [3.63, 3.8) is 0 Å². The van der Waals surface area contributed by atoms with Crippen LogP contribution in [0, 0.1) is 0 Å². The van der Waals surface area contributed by atoms with E-state index in [1.54, 1.807) is 11.0 Å². The van der Waals surface area contributed by atoms with Gasteiger partial charge in [0.05, 0.1) is 17.5 Å². The number of fused-ring (bicyclic) bond motifs is 1. The number of hydrogen-bond donors (Lipinski definition) is 1. The van der Waals surface area contributed by atoms with Crippen molar-refractivity contribution in [3.05, 3.63) is 29.8 Å². The Bertz CT molecular complexity index is 792. The third-order valence-electron chi connectivity index (χ3n) is 4.37. The summed E-state index contributed by atoms with van der Waals surface area (Å²) in [5.41, 5.74) is 1.43. The van der Waals surface area contributed by atoms with Crippen LogP contribution in [-0.4, -0.2) is 60.8 Å². The smallest absolute Gasteiger partial charge is 0.253 e. The zero-order chi connectivity index (χ0) is 18.0. The Morgan fingerprint density at radius 3 is 2.92 bits per heavy atom. The zero-order valence-electron chi connectivity index (χ0n) is 14.4. The molecule has 1 aromatic carbocycles. The standard InChI is InChI=1S/C17H23N3O3S2/c1-3-4-8-20(2)16(21)12-6-5-7-13(9-12)18-17-19-14-10-25(22,23)11-15(14)24-17/h5-7,9,14-15H,3-4,8,10-11H2,1-2H3,(H,18,19). The Balaban J connectivity index is 1.66. The first-order valence-electron chi connectivity index (χ1n) is 8.45. The molecule has 0 spiro atoms. The highest BCUT2D eigenvalue weighted by Crippen LogP contribution is 2.34. The third kappa shape index (κ3) is 4.36. The molecule has 0 radical (unpaired) electrons. The van der Waals surface area contributed by atoms with E-state index < -0.39 is 9.84 Å². The fraction of sp³-hybridized carbons (Fsp3) is 0.529. The number of anilines is 1. The first kappa shape index (κ1) is 18.3. The highest BCUT2D eigenvalue weighted by molar-refractivity contribution is 8.15. The molecule has 25 heavy (non-hydrogen) atoms. The number of benzene rings is 1. The minimum Gasteiger partial charge on any atom is -0.342 e. The normalized spacial score (nSPS) is 23.8. The number of carbonyl (C=O) groups excluding carboxylic acids is 1. The molecule has 1 saturated heterocycles. The van der Waals surface area contributed by atoms with Crippen LogP contribution >= 0.6 is 11.8 Å². The van der Waals surface area contributed by atoms with E-state index in [0.29, 0.717) is 5.56 Å². The molecule has 2 heterocycles. The third-order valence-corrected chi connectivity index (χ3v) is 7.51. The first-order valence-corrected chi connectivity index (χ1v) is 11.2. The van der Waals surface area contributed by atoms with Crippen molar-refractivity contribution in [3.8, 4) is 0 Å². The molecule has 0 aliphatic carbocycles. The van der Waals surface area contributed by atoms with Gasteiger partial charge in [-0.05, 0) is 24.6 Å². The van der Waals surface area contributed by atoms with Crippen LogP contribution in [0.5, 0.6) is 0 Å². The summed E-state index contributed by atoms with van der Waals surface area (Å²) in [4.78, 5) is 18.7. The number of aliphatic imine (C=N–C) groups is 1. The predicted molar refractivity (Wildman–Crippen MR) is 103 cm³/mol. The number of amides is 1. The Morgan fingerprint density at radius 1 is 1.40 bits per heavy atom. The number of hydrogen-bond acceptors (Lipinski definition) is 6. The van der Waals surface area contributed by atoms with Gasteiger partial charge in [0, 0.05) is 30.1 Å². The van der Waals surface area contributed by atoms with Gasteiger partial charge < -0.3 is 10.2 Å². The summed E-state index contributed by atoms with van der Waals surface area (Å²) in [6, 6.07) is 7.20. The summed E-state index contributed by atoms with van der Waals surface area (Å²) in [6.07, 6.45) is 2.04. The second kappa shape index (κ2) is 7.37. The van der Waals surface area contributed by atoms with E-state index in [0.717, 1.165) is 30.2 Å². The quantitative estimate of drug-likeness (QED) is 0.846. The number of sulfone groups is 1. The number of thioether (sulfide) groups is 1. The maximum atomic E-state index is 12.5. The molecule has 2 aliphatic rings. The second-order valence-electron chi connectivity index (χ2n) is 6.52. The SMILES string of the molecule is CCCCN(C)C(=O)c1cccc(NC2=NC3CS(=O)(=O)CC3S2)c1. The number of nitrogens with zero attached hydrogens (tertiary/aromatic N) is 2. The summed E-state index contributed by atoms with van der Waals surface area (Å²) in [7, 11) is -1.13. The maximum absolute atomic E-state index is 12.5. The molecular formula is C17H23N3O3S2. The predicted octanol–water partition coefficient (Wildman–Crippen LogP) is 2.24. The number of amidine groups is 1. The van der Waals surface area contributed by atoms with Crippen LogP contribution in [0.15, 0.2) is 29.3 Å². The molecule has 1 amide bonds. The fourth-order valence-electron chi connectivity index (χ4n) is 2.99. The van der Waals surface area contributed by atoms with E-state index in [1.165, 1.54) is 11.8 Å². The Labute approximate surface area is 153 Å². The molecule has 8 heteroatoms. The van der Waals surface area contributed by atoms with Crippen LogP contribution in [0.4, 0.5) is 5.69 Å². The van der Waals surface area contributed by atoms with Gasteiger partial charge in [-0.3, -0.25) is 9.79 Å². The molecule has 0 bridgehead atoms. The van der Waals surface area contributed by atoms with E-state index in [4.69, 9.17) is 0 Å². The van der Waals surface area contributed by atoms with E-state index in [-0.39, 0.29) is 28.7 Å². The largest absolute Gasteiger partial charge is 0.342 e. The molecule has 2 aliphatic heterocycles. The van der Waals surface area contributed by atoms with Gasteiger partial charge in [0.25, 0.3) is 5.91 Å². The Hall–Kier alpha value is -1.54. The highest BCUT2D eigenvalue weighted by atomic mass is 32.2. The van der Waals surface area contributed by atoms with Gasteiger partial charge in [-0.25, -0.2) is 8.42 Å². The summed E-state index contributed by atoms with van der Waals surface area (Å²) in [6.45, 7) is 2.84. The van der Waals surface area contributed by atoms with Gasteiger partial charge in [-0.1, -0.05) is 31.2 Å². The molecule has 2 atom stereocenters. The van der Waals surface area contributed by atoms with Gasteiger partial charge in [0.15, 0.2) is 15.0 Å². The average Bonchev–Trinajstić information content (AvgIpc) is 3.04. The first-order chi connectivity index (χ1) is 11.9. The minimum absolute atomic E-state index is 0.000997. The monoisotopic (exact) mass is 381 g/mol. The molecule has 3 rings (SSSR count). The molecule has 6 nitrogen and oxygen atoms in total. The maximum Gasteiger partial charge on any atom is 0.253 e.